The van der Waals surface area contributed by atoms with Crippen molar-refractivity contribution in [3.63, 3.8) is 0 Å². The molecule has 0 fully saturated rings. The minimum absolute atomic E-state index is 0.0898. The number of rotatable bonds is 1. The Balaban J connectivity index is 3.35. The highest BCUT2D eigenvalue weighted by molar-refractivity contribution is 6.90. The van der Waals surface area contributed by atoms with Crippen molar-refractivity contribution in [2.45, 2.75) is 19.6 Å². The number of hydrogen-bond acceptors (Lipinski definition) is 0. The van der Waals surface area contributed by atoms with Crippen molar-refractivity contribution in [3.05, 3.63) is 28.0 Å². The number of benzene rings is 1. The second kappa shape index (κ2) is 3.60. The molecule has 1 rings (SSSR count). The highest BCUT2D eigenvalue weighted by atomic mass is 35.5. The first-order valence-electron chi connectivity index (χ1n) is 3.98. The summed E-state index contributed by atoms with van der Waals surface area (Å²) in [6.07, 6.45) is 0. The van der Waals surface area contributed by atoms with Gasteiger partial charge in [0, 0.05) is 0 Å². The molecule has 0 aromatic heterocycles. The van der Waals surface area contributed by atoms with Crippen molar-refractivity contribution in [2.75, 3.05) is 0 Å². The third-order valence-corrected chi connectivity index (χ3v) is 4.70. The van der Waals surface area contributed by atoms with Crippen molar-refractivity contribution in [1.29, 1.82) is 0 Å². The van der Waals surface area contributed by atoms with Gasteiger partial charge in [-0.1, -0.05) is 48.9 Å². The zero-order valence-corrected chi connectivity index (χ0v) is 10.3. The van der Waals surface area contributed by atoms with E-state index in [0.29, 0.717) is 0 Å². The van der Waals surface area contributed by atoms with Crippen molar-refractivity contribution < 1.29 is 4.39 Å². The summed E-state index contributed by atoms with van der Waals surface area (Å²) in [5.74, 6) is -0.497. The zero-order valence-electron chi connectivity index (χ0n) is 7.79. The van der Waals surface area contributed by atoms with Crippen LogP contribution in [-0.2, 0) is 0 Å². The fourth-order valence-electron chi connectivity index (χ4n) is 1.11. The third-order valence-electron chi connectivity index (χ3n) is 1.84. The second-order valence-corrected chi connectivity index (χ2v) is 9.80. The van der Waals surface area contributed by atoms with E-state index in [2.05, 4.69) is 19.6 Å². The largest absolute Gasteiger partial charge is 0.204 e. The van der Waals surface area contributed by atoms with Crippen LogP contribution in [0.2, 0.25) is 29.7 Å². The standard InChI is InChI=1S/C9H11Cl2FSi/c1-13(2,3)7-5-4-6(10)9(12)8(7)11/h4-5H,1-3H3. The molecule has 0 radical (unpaired) electrons. The molecule has 0 spiro atoms. The topological polar surface area (TPSA) is 0 Å². The Morgan fingerprint density at radius 2 is 1.69 bits per heavy atom. The van der Waals surface area contributed by atoms with Gasteiger partial charge in [0.05, 0.1) is 18.1 Å². The van der Waals surface area contributed by atoms with E-state index < -0.39 is 13.9 Å². The molecular weight excluding hydrogens is 226 g/mol. The Kier molecular flexibility index (Phi) is 3.05. The molecule has 0 atom stereocenters. The summed E-state index contributed by atoms with van der Waals surface area (Å²) in [6.45, 7) is 6.34. The van der Waals surface area contributed by atoms with Crippen LogP contribution in [-0.4, -0.2) is 8.07 Å². The molecule has 0 nitrogen and oxygen atoms in total. The van der Waals surface area contributed by atoms with E-state index in [9.17, 15) is 4.39 Å². The van der Waals surface area contributed by atoms with E-state index in [4.69, 9.17) is 23.2 Å². The summed E-state index contributed by atoms with van der Waals surface area (Å²) in [4.78, 5) is 0. The van der Waals surface area contributed by atoms with Crippen LogP contribution in [0.25, 0.3) is 0 Å². The lowest BCUT2D eigenvalue weighted by Crippen LogP contribution is -2.38. The van der Waals surface area contributed by atoms with Crippen molar-refractivity contribution in [3.8, 4) is 0 Å². The average Bonchev–Trinajstić information content (AvgIpc) is 1.98. The molecule has 0 unspecified atom stereocenters. The molecule has 0 aliphatic heterocycles. The lowest BCUT2D eigenvalue weighted by atomic mass is 10.3. The fourth-order valence-corrected chi connectivity index (χ4v) is 3.68. The molecule has 1 aromatic carbocycles. The molecule has 1 aromatic rings. The minimum Gasteiger partial charge on any atom is -0.204 e. The first-order valence-corrected chi connectivity index (χ1v) is 8.23. The first-order chi connectivity index (χ1) is 5.84. The van der Waals surface area contributed by atoms with E-state index in [-0.39, 0.29) is 10.0 Å². The molecule has 0 bridgehead atoms. The maximum absolute atomic E-state index is 13.3. The quantitative estimate of drug-likeness (QED) is 0.516. The fraction of sp³-hybridized carbons (Fsp3) is 0.333. The van der Waals surface area contributed by atoms with E-state index in [1.165, 1.54) is 0 Å². The van der Waals surface area contributed by atoms with Gasteiger partial charge in [0.15, 0.2) is 5.82 Å². The smallest absolute Gasteiger partial charge is 0.160 e. The van der Waals surface area contributed by atoms with E-state index >= 15 is 0 Å². The molecule has 13 heavy (non-hydrogen) atoms. The highest BCUT2D eigenvalue weighted by Crippen LogP contribution is 2.22. The van der Waals surface area contributed by atoms with E-state index in [0.717, 1.165) is 5.19 Å². The predicted molar refractivity (Wildman–Crippen MR) is 59.4 cm³/mol. The van der Waals surface area contributed by atoms with Gasteiger partial charge in [0.25, 0.3) is 0 Å². The van der Waals surface area contributed by atoms with Crippen LogP contribution in [0.5, 0.6) is 0 Å². The minimum atomic E-state index is -1.56. The molecule has 4 heteroatoms. The maximum atomic E-state index is 13.3. The van der Waals surface area contributed by atoms with Gasteiger partial charge in [-0.05, 0) is 11.3 Å². The molecule has 0 amide bonds. The van der Waals surface area contributed by atoms with Gasteiger partial charge in [0.1, 0.15) is 0 Å². The van der Waals surface area contributed by atoms with Gasteiger partial charge in [-0.3, -0.25) is 0 Å². The summed E-state index contributed by atoms with van der Waals surface area (Å²) in [6, 6.07) is 3.39. The Morgan fingerprint density at radius 3 is 2.15 bits per heavy atom. The van der Waals surface area contributed by atoms with Gasteiger partial charge in [-0.25, -0.2) is 4.39 Å². The normalized spacial score (nSPS) is 11.8. The highest BCUT2D eigenvalue weighted by Gasteiger charge is 2.22. The van der Waals surface area contributed by atoms with Crippen LogP contribution >= 0.6 is 23.2 Å². The Morgan fingerprint density at radius 1 is 1.15 bits per heavy atom. The summed E-state index contributed by atoms with van der Waals surface area (Å²) in [7, 11) is -1.56. The van der Waals surface area contributed by atoms with E-state index in [1.807, 2.05) is 6.07 Å². The van der Waals surface area contributed by atoms with Crippen molar-refractivity contribution in [2.24, 2.45) is 0 Å². The van der Waals surface area contributed by atoms with Crippen LogP contribution < -0.4 is 5.19 Å². The van der Waals surface area contributed by atoms with Crippen LogP contribution in [0.15, 0.2) is 12.1 Å². The lowest BCUT2D eigenvalue weighted by Gasteiger charge is -2.18. The number of hydrogen-bond donors (Lipinski definition) is 0. The Bertz CT molecular complexity index is 331. The summed E-state index contributed by atoms with van der Waals surface area (Å²) in [5, 5.41) is 1.19. The first kappa shape index (κ1) is 11.0. The molecule has 72 valence electrons. The molecule has 0 aliphatic carbocycles. The molecule has 0 saturated carbocycles. The zero-order chi connectivity index (χ0) is 10.2. The molecular formula is C9H11Cl2FSi. The number of halogens is 3. The monoisotopic (exact) mass is 236 g/mol. The van der Waals surface area contributed by atoms with E-state index in [1.54, 1.807) is 6.07 Å². The van der Waals surface area contributed by atoms with Gasteiger partial charge < -0.3 is 0 Å². The maximum Gasteiger partial charge on any atom is 0.160 e. The molecule has 0 aliphatic rings. The lowest BCUT2D eigenvalue weighted by molar-refractivity contribution is 0.629. The summed E-state index contributed by atoms with van der Waals surface area (Å²) in [5.41, 5.74) is 0. The Hall–Kier alpha value is -0.0531. The van der Waals surface area contributed by atoms with Crippen LogP contribution in [0.1, 0.15) is 0 Å². The van der Waals surface area contributed by atoms with Gasteiger partial charge in [-0.15, -0.1) is 0 Å². The van der Waals surface area contributed by atoms with Crippen LogP contribution in [0, 0.1) is 5.82 Å². The van der Waals surface area contributed by atoms with Crippen LogP contribution in [0.4, 0.5) is 4.39 Å². The van der Waals surface area contributed by atoms with Crippen molar-refractivity contribution >= 4 is 36.5 Å². The van der Waals surface area contributed by atoms with Gasteiger partial charge >= 0.3 is 0 Å². The van der Waals surface area contributed by atoms with Crippen molar-refractivity contribution in [1.82, 2.24) is 0 Å². The summed E-state index contributed by atoms with van der Waals surface area (Å²) >= 11 is 11.5. The van der Waals surface area contributed by atoms with Gasteiger partial charge in [-0.2, -0.15) is 0 Å². The summed E-state index contributed by atoms with van der Waals surface area (Å²) < 4.78 is 13.3. The average molecular weight is 237 g/mol. The molecule has 0 N–H and O–H groups in total. The third kappa shape index (κ3) is 2.24. The predicted octanol–water partition coefficient (Wildman–Crippen LogP) is 3.68. The van der Waals surface area contributed by atoms with Crippen LogP contribution in [0.3, 0.4) is 0 Å². The second-order valence-electron chi connectivity index (χ2n) is 3.97. The molecule has 0 heterocycles. The molecule has 0 saturated heterocycles. The Labute approximate surface area is 88.7 Å². The SMILES string of the molecule is C[Si](C)(C)c1ccc(Cl)c(F)c1Cl. The van der Waals surface area contributed by atoms with Gasteiger partial charge in [0.2, 0.25) is 0 Å².